The molecule has 38 heavy (non-hydrogen) atoms. The highest BCUT2D eigenvalue weighted by molar-refractivity contribution is 5.89. The lowest BCUT2D eigenvalue weighted by Crippen LogP contribution is -2.07. The van der Waals surface area contributed by atoms with Gasteiger partial charge in [-0.3, -0.25) is 0 Å². The van der Waals surface area contributed by atoms with Gasteiger partial charge in [0.25, 0.3) is 0 Å². The monoisotopic (exact) mass is 502 g/mol. The van der Waals surface area contributed by atoms with Crippen LogP contribution in [-0.4, -0.2) is 11.9 Å². The second kappa shape index (κ2) is 12.0. The number of ether oxygens (including phenoxy) is 2. The first-order valence-corrected chi connectivity index (χ1v) is 12.4. The van der Waals surface area contributed by atoms with E-state index < -0.39 is 11.9 Å². The Bertz CT molecular complexity index is 1330. The fourth-order valence-electron chi connectivity index (χ4n) is 3.84. The van der Waals surface area contributed by atoms with Crippen LogP contribution in [0.1, 0.15) is 25.0 Å². The Morgan fingerprint density at radius 2 is 0.763 bits per heavy atom. The van der Waals surface area contributed by atoms with Gasteiger partial charge in [-0.1, -0.05) is 86.0 Å². The molecule has 0 unspecified atom stereocenters. The van der Waals surface area contributed by atoms with Crippen molar-refractivity contribution in [3.05, 3.63) is 132 Å². The highest BCUT2D eigenvalue weighted by Crippen LogP contribution is 2.25. The van der Waals surface area contributed by atoms with Gasteiger partial charge in [-0.2, -0.15) is 0 Å². The van der Waals surface area contributed by atoms with Gasteiger partial charge < -0.3 is 9.47 Å². The zero-order valence-corrected chi connectivity index (χ0v) is 21.7. The van der Waals surface area contributed by atoms with E-state index in [9.17, 15) is 9.59 Å². The molecule has 0 aromatic heterocycles. The van der Waals surface area contributed by atoms with Crippen LogP contribution in [0, 0.1) is 0 Å². The Morgan fingerprint density at radius 3 is 1.03 bits per heavy atom. The van der Waals surface area contributed by atoms with Crippen molar-refractivity contribution in [2.24, 2.45) is 0 Å². The van der Waals surface area contributed by atoms with E-state index in [4.69, 9.17) is 9.47 Å². The molecule has 0 atom stereocenters. The minimum Gasteiger partial charge on any atom is -0.423 e. The highest BCUT2D eigenvalue weighted by Gasteiger charge is 2.07. The van der Waals surface area contributed by atoms with E-state index in [-0.39, 0.29) is 0 Å². The second-order valence-corrected chi connectivity index (χ2v) is 9.28. The second-order valence-electron chi connectivity index (χ2n) is 9.28. The standard InChI is InChI=1S/C34H30O4/c1-23(2)33(35)37-31-19-15-29(16-20-31)27-11-7-25(8-12-27)5-6-26-9-13-28(14-10-26)30-17-21-32(22-18-30)38-34(36)24(3)4/h7-22H,1,3,5-6H2,2,4H3. The molecule has 0 N–H and O–H groups in total. The van der Waals surface area contributed by atoms with Crippen molar-refractivity contribution in [3.8, 4) is 33.8 Å². The Labute approximate surface area is 223 Å². The molecule has 0 saturated carbocycles. The SMILES string of the molecule is C=C(C)C(=O)Oc1ccc(-c2ccc(CCc3ccc(-c4ccc(OC(=O)C(=C)C)cc4)cc3)cc2)cc1. The quantitative estimate of drug-likeness (QED) is 0.133. The molecule has 0 heterocycles. The van der Waals surface area contributed by atoms with E-state index in [0.717, 1.165) is 35.1 Å². The van der Waals surface area contributed by atoms with E-state index in [1.807, 2.05) is 24.3 Å². The Kier molecular flexibility index (Phi) is 8.34. The van der Waals surface area contributed by atoms with Gasteiger partial charge in [-0.15, -0.1) is 0 Å². The van der Waals surface area contributed by atoms with Crippen molar-refractivity contribution in [2.75, 3.05) is 0 Å². The highest BCUT2D eigenvalue weighted by atomic mass is 16.5. The van der Waals surface area contributed by atoms with Crippen LogP contribution < -0.4 is 9.47 Å². The van der Waals surface area contributed by atoms with Crippen LogP contribution in [-0.2, 0) is 22.4 Å². The van der Waals surface area contributed by atoms with Crippen LogP contribution in [0.2, 0.25) is 0 Å². The van der Waals surface area contributed by atoms with Crippen LogP contribution in [0.25, 0.3) is 22.3 Å². The zero-order chi connectivity index (χ0) is 27.1. The van der Waals surface area contributed by atoms with E-state index in [0.29, 0.717) is 22.6 Å². The largest absolute Gasteiger partial charge is 0.423 e. The van der Waals surface area contributed by atoms with Gasteiger partial charge >= 0.3 is 11.9 Å². The topological polar surface area (TPSA) is 52.6 Å². The first-order chi connectivity index (χ1) is 18.3. The summed E-state index contributed by atoms with van der Waals surface area (Å²) in [5.41, 5.74) is 7.61. The Morgan fingerprint density at radius 1 is 0.500 bits per heavy atom. The van der Waals surface area contributed by atoms with Gasteiger partial charge in [-0.05, 0) is 84.3 Å². The number of aryl methyl sites for hydroxylation is 2. The molecule has 190 valence electrons. The summed E-state index contributed by atoms with van der Waals surface area (Å²) in [6, 6.07) is 32.0. The average molecular weight is 503 g/mol. The number of rotatable bonds is 9. The maximum atomic E-state index is 11.7. The summed E-state index contributed by atoms with van der Waals surface area (Å²) in [6.07, 6.45) is 1.89. The minimum absolute atomic E-state index is 0.371. The third kappa shape index (κ3) is 6.95. The summed E-state index contributed by atoms with van der Waals surface area (Å²) in [6.45, 7) is 10.5. The molecular formula is C34H30O4. The third-order valence-corrected chi connectivity index (χ3v) is 6.10. The molecule has 4 aromatic rings. The summed E-state index contributed by atoms with van der Waals surface area (Å²) in [5.74, 6) is 0.166. The number of hydrogen-bond donors (Lipinski definition) is 0. The van der Waals surface area contributed by atoms with Crippen molar-refractivity contribution in [1.29, 1.82) is 0 Å². The molecule has 0 radical (unpaired) electrons. The summed E-state index contributed by atoms with van der Waals surface area (Å²) in [4.78, 5) is 23.3. The van der Waals surface area contributed by atoms with Gasteiger partial charge in [-0.25, -0.2) is 9.59 Å². The molecule has 0 aliphatic carbocycles. The molecule has 0 amide bonds. The van der Waals surface area contributed by atoms with Gasteiger partial charge in [0.2, 0.25) is 0 Å². The van der Waals surface area contributed by atoms with Gasteiger partial charge in [0, 0.05) is 11.1 Å². The van der Waals surface area contributed by atoms with Gasteiger partial charge in [0.15, 0.2) is 0 Å². The lowest BCUT2D eigenvalue weighted by atomic mass is 9.98. The molecule has 0 aliphatic rings. The van der Waals surface area contributed by atoms with Crippen molar-refractivity contribution >= 4 is 11.9 Å². The van der Waals surface area contributed by atoms with Crippen molar-refractivity contribution in [2.45, 2.75) is 26.7 Å². The van der Waals surface area contributed by atoms with Gasteiger partial charge in [0.05, 0.1) is 0 Å². The predicted octanol–water partition coefficient (Wildman–Crippen LogP) is 7.77. The van der Waals surface area contributed by atoms with Gasteiger partial charge in [0.1, 0.15) is 11.5 Å². The lowest BCUT2D eigenvalue weighted by molar-refractivity contribution is -0.130. The normalized spacial score (nSPS) is 10.5. The molecular weight excluding hydrogens is 472 g/mol. The molecule has 0 bridgehead atoms. The molecule has 0 saturated heterocycles. The summed E-state index contributed by atoms with van der Waals surface area (Å²) in [5, 5.41) is 0. The number of carbonyl (C=O) groups is 2. The smallest absolute Gasteiger partial charge is 0.338 e. The summed E-state index contributed by atoms with van der Waals surface area (Å²) < 4.78 is 10.5. The van der Waals surface area contributed by atoms with E-state index in [1.165, 1.54) is 11.1 Å². The lowest BCUT2D eigenvalue weighted by Gasteiger charge is -2.08. The molecule has 4 aromatic carbocycles. The molecule has 0 spiro atoms. The fourth-order valence-corrected chi connectivity index (χ4v) is 3.84. The zero-order valence-electron chi connectivity index (χ0n) is 21.7. The molecule has 0 fully saturated rings. The first-order valence-electron chi connectivity index (χ1n) is 12.4. The summed E-state index contributed by atoms with van der Waals surface area (Å²) >= 11 is 0. The molecule has 4 nitrogen and oxygen atoms in total. The fraction of sp³-hybridized carbons (Fsp3) is 0.118. The minimum atomic E-state index is -0.422. The van der Waals surface area contributed by atoms with Crippen LogP contribution in [0.4, 0.5) is 0 Å². The van der Waals surface area contributed by atoms with E-state index in [1.54, 1.807) is 38.1 Å². The molecule has 0 aliphatic heterocycles. The third-order valence-electron chi connectivity index (χ3n) is 6.10. The number of carbonyl (C=O) groups excluding carboxylic acids is 2. The van der Waals surface area contributed by atoms with Crippen LogP contribution >= 0.6 is 0 Å². The van der Waals surface area contributed by atoms with Crippen molar-refractivity contribution < 1.29 is 19.1 Å². The van der Waals surface area contributed by atoms with Crippen molar-refractivity contribution in [3.63, 3.8) is 0 Å². The number of hydrogen-bond acceptors (Lipinski definition) is 4. The first kappa shape index (κ1) is 26.4. The van der Waals surface area contributed by atoms with Crippen LogP contribution in [0.5, 0.6) is 11.5 Å². The van der Waals surface area contributed by atoms with Crippen LogP contribution in [0.15, 0.2) is 121 Å². The Balaban J connectivity index is 1.31. The Hall–Kier alpha value is -4.70. The van der Waals surface area contributed by atoms with Crippen molar-refractivity contribution in [1.82, 2.24) is 0 Å². The summed E-state index contributed by atoms with van der Waals surface area (Å²) in [7, 11) is 0. The van der Waals surface area contributed by atoms with E-state index >= 15 is 0 Å². The molecule has 4 rings (SSSR count). The van der Waals surface area contributed by atoms with E-state index in [2.05, 4.69) is 61.7 Å². The molecule has 4 heteroatoms. The maximum absolute atomic E-state index is 11.7. The predicted molar refractivity (Wildman–Crippen MR) is 152 cm³/mol. The maximum Gasteiger partial charge on any atom is 0.338 e. The number of esters is 2. The van der Waals surface area contributed by atoms with Crippen LogP contribution in [0.3, 0.4) is 0 Å². The number of benzene rings is 4. The average Bonchev–Trinajstić information content (AvgIpc) is 2.93.